The monoisotopic (exact) mass is 355 g/mol. The first-order chi connectivity index (χ1) is 12.3. The molecule has 0 saturated heterocycles. The molecule has 0 bridgehead atoms. The fourth-order valence-corrected chi connectivity index (χ4v) is 3.77. The average molecular weight is 356 g/mol. The first-order valence-electron chi connectivity index (χ1n) is 8.99. The van der Waals surface area contributed by atoms with Crippen LogP contribution in [0, 0.1) is 6.92 Å². The maximum atomic E-state index is 4.83. The third kappa shape index (κ3) is 4.57. The zero-order valence-electron chi connectivity index (χ0n) is 15.0. The summed E-state index contributed by atoms with van der Waals surface area (Å²) < 4.78 is 2.41. The van der Waals surface area contributed by atoms with E-state index in [9.17, 15) is 0 Å². The van der Waals surface area contributed by atoms with Gasteiger partial charge in [0.05, 0.1) is 11.7 Å². The quantitative estimate of drug-likeness (QED) is 0.322. The Labute approximate surface area is 153 Å². The zero-order valence-corrected chi connectivity index (χ0v) is 15.8. The summed E-state index contributed by atoms with van der Waals surface area (Å²) in [6.07, 6.45) is 13.1. The van der Waals surface area contributed by atoms with Crippen LogP contribution in [0.2, 0.25) is 0 Å². The van der Waals surface area contributed by atoms with Gasteiger partial charge in [0.25, 0.3) is 0 Å². The molecule has 0 amide bonds. The Bertz CT molecular complexity index is 800. The lowest BCUT2D eigenvalue weighted by Crippen LogP contribution is -2.05. The Balaban J connectivity index is 1.63. The zero-order chi connectivity index (χ0) is 17.5. The van der Waals surface area contributed by atoms with Gasteiger partial charge in [-0.25, -0.2) is 15.0 Å². The number of fused-ring (bicyclic) bond motifs is 1. The number of thioether (sulfide) groups is 1. The average Bonchev–Trinajstić information content (AvgIpc) is 2.99. The van der Waals surface area contributed by atoms with Crippen molar-refractivity contribution < 1.29 is 0 Å². The van der Waals surface area contributed by atoms with E-state index in [1.54, 1.807) is 24.2 Å². The second kappa shape index (κ2) is 8.94. The van der Waals surface area contributed by atoms with Crippen LogP contribution in [-0.2, 0) is 13.0 Å². The second-order valence-corrected chi connectivity index (χ2v) is 7.26. The fraction of sp³-hybridized carbons (Fsp3) is 0.474. The molecule has 0 aliphatic heterocycles. The Hall–Kier alpha value is -1.95. The Morgan fingerprint density at radius 3 is 2.72 bits per heavy atom. The number of aromatic nitrogens is 5. The summed E-state index contributed by atoms with van der Waals surface area (Å²) in [6.45, 7) is 5.36. The molecule has 3 aromatic rings. The largest absolute Gasteiger partial charge is 0.328 e. The highest BCUT2D eigenvalue weighted by atomic mass is 32.2. The first kappa shape index (κ1) is 17.9. The summed E-state index contributed by atoms with van der Waals surface area (Å²) in [4.78, 5) is 17.6. The van der Waals surface area contributed by atoms with Crippen molar-refractivity contribution >= 4 is 22.8 Å². The van der Waals surface area contributed by atoms with Gasteiger partial charge in [-0.3, -0.25) is 4.98 Å². The maximum absolute atomic E-state index is 4.83. The van der Waals surface area contributed by atoms with Crippen molar-refractivity contribution in [1.82, 2.24) is 24.5 Å². The fourth-order valence-electron chi connectivity index (χ4n) is 2.97. The van der Waals surface area contributed by atoms with E-state index in [4.69, 9.17) is 4.98 Å². The molecule has 6 heteroatoms. The summed E-state index contributed by atoms with van der Waals surface area (Å²) in [5.74, 6) is 2.24. The van der Waals surface area contributed by atoms with Crippen molar-refractivity contribution in [1.29, 1.82) is 0 Å². The molecule has 25 heavy (non-hydrogen) atoms. The minimum atomic E-state index is 0.862. The molecule has 3 heterocycles. The molecule has 132 valence electrons. The number of aryl methyl sites for hydroxylation is 3. The van der Waals surface area contributed by atoms with Crippen LogP contribution in [0.3, 0.4) is 0 Å². The topological polar surface area (TPSA) is 56.5 Å². The smallest absolute Gasteiger partial charge is 0.187 e. The molecular weight excluding hydrogens is 330 g/mol. The number of imidazole rings is 1. The van der Waals surface area contributed by atoms with Crippen LogP contribution in [0.1, 0.15) is 44.0 Å². The maximum Gasteiger partial charge on any atom is 0.187 e. The predicted molar refractivity (Wildman–Crippen MR) is 103 cm³/mol. The van der Waals surface area contributed by atoms with Gasteiger partial charge in [0, 0.05) is 37.3 Å². The van der Waals surface area contributed by atoms with Gasteiger partial charge in [-0.05, 0) is 37.8 Å². The van der Waals surface area contributed by atoms with Crippen molar-refractivity contribution in [2.24, 2.45) is 0 Å². The second-order valence-electron chi connectivity index (χ2n) is 6.19. The van der Waals surface area contributed by atoms with Crippen molar-refractivity contribution in [3.05, 3.63) is 42.2 Å². The van der Waals surface area contributed by atoms with Crippen molar-refractivity contribution in [2.45, 2.75) is 57.7 Å². The lowest BCUT2D eigenvalue weighted by Gasteiger charge is -2.10. The van der Waals surface area contributed by atoms with Gasteiger partial charge >= 0.3 is 0 Å². The van der Waals surface area contributed by atoms with E-state index in [1.165, 1.54) is 29.7 Å². The number of rotatable bonds is 9. The van der Waals surface area contributed by atoms with Gasteiger partial charge < -0.3 is 4.57 Å². The highest BCUT2D eigenvalue weighted by Crippen LogP contribution is 2.21. The summed E-state index contributed by atoms with van der Waals surface area (Å²) in [6, 6.07) is 1.85. The first-order valence-corrected chi connectivity index (χ1v) is 9.97. The molecule has 0 unspecified atom stereocenters. The van der Waals surface area contributed by atoms with Crippen LogP contribution in [0.25, 0.3) is 11.0 Å². The van der Waals surface area contributed by atoms with Crippen LogP contribution in [0.4, 0.5) is 0 Å². The Morgan fingerprint density at radius 2 is 1.92 bits per heavy atom. The normalized spacial score (nSPS) is 11.3. The standard InChI is InChI=1S/C19H25N5S/c1-3-4-8-17-23-16-14-20-13-15(2)18(16)24(17)11-5-6-12-25-19-21-9-7-10-22-19/h7,9-10,13-14H,3-6,8,11-12H2,1-2H3. The molecule has 3 aromatic heterocycles. The van der Waals surface area contributed by atoms with E-state index in [0.717, 1.165) is 42.2 Å². The van der Waals surface area contributed by atoms with Crippen molar-refractivity contribution in [3.63, 3.8) is 0 Å². The third-order valence-corrected chi connectivity index (χ3v) is 5.18. The molecule has 0 spiro atoms. The molecule has 0 aromatic carbocycles. The minimum absolute atomic E-state index is 0.862. The van der Waals surface area contributed by atoms with E-state index in [2.05, 4.69) is 33.4 Å². The Morgan fingerprint density at radius 1 is 1.08 bits per heavy atom. The molecular formula is C19H25N5S. The molecule has 3 rings (SSSR count). The molecule has 0 aliphatic rings. The molecule has 5 nitrogen and oxygen atoms in total. The number of pyridine rings is 1. The number of hydrogen-bond donors (Lipinski definition) is 0. The van der Waals surface area contributed by atoms with Crippen molar-refractivity contribution in [2.75, 3.05) is 5.75 Å². The van der Waals surface area contributed by atoms with E-state index in [0.29, 0.717) is 0 Å². The van der Waals surface area contributed by atoms with Crippen LogP contribution < -0.4 is 0 Å². The highest BCUT2D eigenvalue weighted by molar-refractivity contribution is 7.99. The van der Waals surface area contributed by atoms with Crippen molar-refractivity contribution in [3.8, 4) is 0 Å². The van der Waals surface area contributed by atoms with Gasteiger partial charge in [-0.1, -0.05) is 25.1 Å². The summed E-state index contributed by atoms with van der Waals surface area (Å²) in [5, 5.41) is 0.862. The molecule has 0 fully saturated rings. The van der Waals surface area contributed by atoms with E-state index < -0.39 is 0 Å². The van der Waals surface area contributed by atoms with Gasteiger partial charge in [0.1, 0.15) is 11.3 Å². The molecule has 0 N–H and O–H groups in total. The van der Waals surface area contributed by atoms with Crippen LogP contribution in [0.5, 0.6) is 0 Å². The summed E-state index contributed by atoms with van der Waals surface area (Å²) in [5.41, 5.74) is 3.48. The third-order valence-electron chi connectivity index (χ3n) is 4.22. The Kier molecular flexibility index (Phi) is 6.39. The lowest BCUT2D eigenvalue weighted by atomic mass is 10.2. The van der Waals surface area contributed by atoms with Gasteiger partial charge in [-0.2, -0.15) is 0 Å². The van der Waals surface area contributed by atoms with E-state index in [1.807, 2.05) is 18.5 Å². The summed E-state index contributed by atoms with van der Waals surface area (Å²) >= 11 is 1.73. The molecule has 0 radical (unpaired) electrons. The van der Waals surface area contributed by atoms with Gasteiger partial charge in [0.2, 0.25) is 0 Å². The van der Waals surface area contributed by atoms with E-state index in [-0.39, 0.29) is 0 Å². The molecule has 0 atom stereocenters. The number of nitrogens with zero attached hydrogens (tertiary/aromatic N) is 5. The van der Waals surface area contributed by atoms with Gasteiger partial charge in [0.15, 0.2) is 5.16 Å². The summed E-state index contributed by atoms with van der Waals surface area (Å²) in [7, 11) is 0. The number of unbranched alkanes of at least 4 members (excludes halogenated alkanes) is 2. The minimum Gasteiger partial charge on any atom is -0.328 e. The SMILES string of the molecule is CCCCc1nc2cncc(C)c2n1CCCCSc1ncccn1. The van der Waals surface area contributed by atoms with Crippen LogP contribution in [-0.4, -0.2) is 30.3 Å². The molecule has 0 saturated carbocycles. The highest BCUT2D eigenvalue weighted by Gasteiger charge is 2.12. The van der Waals surface area contributed by atoms with E-state index >= 15 is 0 Å². The molecule has 0 aliphatic carbocycles. The number of hydrogen-bond acceptors (Lipinski definition) is 5. The van der Waals surface area contributed by atoms with Crippen LogP contribution >= 0.6 is 11.8 Å². The van der Waals surface area contributed by atoms with Gasteiger partial charge in [-0.15, -0.1) is 0 Å². The lowest BCUT2D eigenvalue weighted by molar-refractivity contribution is 0.605. The predicted octanol–water partition coefficient (Wildman–Crippen LogP) is 4.44. The van der Waals surface area contributed by atoms with Crippen LogP contribution in [0.15, 0.2) is 36.0 Å².